The molecule has 0 bridgehead atoms. The van der Waals surface area contributed by atoms with Gasteiger partial charge in [0.1, 0.15) is 17.5 Å². The maximum Gasteiger partial charge on any atom is 0.262 e. The molecule has 0 spiro atoms. The van der Waals surface area contributed by atoms with Gasteiger partial charge in [-0.3, -0.25) is 14.4 Å². The molecule has 9 heteroatoms. The van der Waals surface area contributed by atoms with Crippen LogP contribution in [0.2, 0.25) is 0 Å². The van der Waals surface area contributed by atoms with Crippen molar-refractivity contribution in [1.82, 2.24) is 10.7 Å². The molecule has 210 valence electrons. The number of nitrogens with zero attached hydrogens (tertiary/aromatic N) is 1. The summed E-state index contributed by atoms with van der Waals surface area (Å²) in [6.07, 6.45) is 1.93. The maximum atomic E-state index is 12.8. The summed E-state index contributed by atoms with van der Waals surface area (Å²) in [6.45, 7) is 7.45. The van der Waals surface area contributed by atoms with Crippen molar-refractivity contribution in [2.24, 2.45) is 11.0 Å². The van der Waals surface area contributed by atoms with Gasteiger partial charge in [0.05, 0.1) is 6.21 Å². The molecular weight excluding hydrogens is 508 g/mol. The predicted octanol–water partition coefficient (Wildman–Crippen LogP) is 4.38. The van der Waals surface area contributed by atoms with Crippen molar-refractivity contribution in [3.8, 4) is 11.5 Å². The predicted molar refractivity (Wildman–Crippen MR) is 156 cm³/mol. The number of para-hydroxylation sites is 2. The molecule has 3 rings (SSSR count). The largest absolute Gasteiger partial charge is 0.484 e. The third-order valence-corrected chi connectivity index (χ3v) is 5.81. The SMILES string of the molecule is Cc1cccc(C)c1OCC(=O)N[C@@H](CC(C)C)C(=O)N/N=C\c1ccc(OCC(=O)Nc2ccccc2)cc1. The summed E-state index contributed by atoms with van der Waals surface area (Å²) < 4.78 is 11.2. The first kappa shape index (κ1) is 29.9. The Morgan fingerprint density at radius 1 is 0.825 bits per heavy atom. The van der Waals surface area contributed by atoms with Gasteiger partial charge in [0, 0.05) is 5.69 Å². The molecule has 0 unspecified atom stereocenters. The fraction of sp³-hybridized carbons (Fsp3) is 0.290. The van der Waals surface area contributed by atoms with E-state index in [-0.39, 0.29) is 30.9 Å². The van der Waals surface area contributed by atoms with Gasteiger partial charge in [-0.25, -0.2) is 5.43 Å². The van der Waals surface area contributed by atoms with Crippen LogP contribution >= 0.6 is 0 Å². The number of carbonyl (C=O) groups excluding carboxylic acids is 3. The monoisotopic (exact) mass is 544 g/mol. The summed E-state index contributed by atoms with van der Waals surface area (Å²) in [5.41, 5.74) is 5.79. The van der Waals surface area contributed by atoms with E-state index in [4.69, 9.17) is 9.47 Å². The molecule has 0 saturated carbocycles. The van der Waals surface area contributed by atoms with Crippen molar-refractivity contribution >= 4 is 29.6 Å². The van der Waals surface area contributed by atoms with E-state index in [2.05, 4.69) is 21.2 Å². The number of ether oxygens (including phenoxy) is 2. The van der Waals surface area contributed by atoms with E-state index in [9.17, 15) is 14.4 Å². The van der Waals surface area contributed by atoms with Crippen LogP contribution in [-0.2, 0) is 14.4 Å². The number of nitrogens with one attached hydrogen (secondary N) is 3. The van der Waals surface area contributed by atoms with Crippen LogP contribution in [0.1, 0.15) is 37.0 Å². The third kappa shape index (κ3) is 9.90. The lowest BCUT2D eigenvalue weighted by Gasteiger charge is -2.19. The zero-order chi connectivity index (χ0) is 28.9. The van der Waals surface area contributed by atoms with Crippen LogP contribution in [0.5, 0.6) is 11.5 Å². The molecule has 3 aromatic carbocycles. The lowest BCUT2D eigenvalue weighted by molar-refractivity contribution is -0.130. The Kier molecular flexibility index (Phi) is 11.3. The highest BCUT2D eigenvalue weighted by Crippen LogP contribution is 2.22. The molecule has 0 heterocycles. The molecule has 0 saturated heterocycles. The molecule has 3 aromatic rings. The Balaban J connectivity index is 1.47. The van der Waals surface area contributed by atoms with Crippen LogP contribution in [0, 0.1) is 19.8 Å². The molecule has 0 aliphatic heterocycles. The summed E-state index contributed by atoms with van der Waals surface area (Å²) in [5.74, 6) is 0.280. The summed E-state index contributed by atoms with van der Waals surface area (Å²) in [4.78, 5) is 37.4. The van der Waals surface area contributed by atoms with Gasteiger partial charge in [-0.2, -0.15) is 5.10 Å². The zero-order valence-corrected chi connectivity index (χ0v) is 23.3. The summed E-state index contributed by atoms with van der Waals surface area (Å²) in [7, 11) is 0. The summed E-state index contributed by atoms with van der Waals surface area (Å²) in [6, 6.07) is 21.0. The summed E-state index contributed by atoms with van der Waals surface area (Å²) >= 11 is 0. The Morgan fingerprint density at radius 3 is 2.12 bits per heavy atom. The van der Waals surface area contributed by atoms with Gasteiger partial charge in [-0.15, -0.1) is 0 Å². The first-order valence-corrected chi connectivity index (χ1v) is 13.1. The van der Waals surface area contributed by atoms with Gasteiger partial charge in [-0.05, 0) is 79.3 Å². The van der Waals surface area contributed by atoms with Crippen LogP contribution in [-0.4, -0.2) is 43.2 Å². The number of hydrogen-bond acceptors (Lipinski definition) is 6. The number of hydrazone groups is 1. The molecule has 0 aliphatic carbocycles. The third-order valence-electron chi connectivity index (χ3n) is 5.81. The number of carbonyl (C=O) groups is 3. The minimum absolute atomic E-state index is 0.128. The molecule has 0 aliphatic rings. The van der Waals surface area contributed by atoms with Crippen molar-refractivity contribution < 1.29 is 23.9 Å². The standard InChI is InChI=1S/C31H36N4O5/c1-21(2)17-27(34-29(37)20-40-30-22(3)9-8-10-23(30)4)31(38)35-32-18-24-13-15-26(16-14-24)39-19-28(36)33-25-11-6-5-7-12-25/h5-16,18,21,27H,17,19-20H2,1-4H3,(H,33,36)(H,34,37)(H,35,38)/b32-18-/t27-/m0/s1. The normalized spacial score (nSPS) is 11.6. The topological polar surface area (TPSA) is 118 Å². The molecule has 0 aromatic heterocycles. The van der Waals surface area contributed by atoms with Crippen molar-refractivity contribution in [3.05, 3.63) is 89.5 Å². The second-order valence-corrected chi connectivity index (χ2v) is 9.77. The average molecular weight is 545 g/mol. The Bertz CT molecular complexity index is 1290. The minimum atomic E-state index is -0.760. The van der Waals surface area contributed by atoms with E-state index < -0.39 is 11.9 Å². The van der Waals surface area contributed by atoms with Crippen LogP contribution in [0.4, 0.5) is 5.69 Å². The van der Waals surface area contributed by atoms with E-state index in [0.29, 0.717) is 29.2 Å². The molecule has 3 amide bonds. The molecular formula is C31H36N4O5. The number of rotatable bonds is 13. The molecule has 3 N–H and O–H groups in total. The van der Waals surface area contributed by atoms with Crippen molar-refractivity contribution in [1.29, 1.82) is 0 Å². The lowest BCUT2D eigenvalue weighted by atomic mass is 10.0. The van der Waals surface area contributed by atoms with Gasteiger partial charge in [0.15, 0.2) is 13.2 Å². The molecule has 1 atom stereocenters. The minimum Gasteiger partial charge on any atom is -0.484 e. The highest BCUT2D eigenvalue weighted by atomic mass is 16.5. The Hall–Kier alpha value is -4.66. The second-order valence-electron chi connectivity index (χ2n) is 9.77. The van der Waals surface area contributed by atoms with Gasteiger partial charge in [0.25, 0.3) is 17.7 Å². The Labute approximate surface area is 235 Å². The number of hydrogen-bond donors (Lipinski definition) is 3. The maximum absolute atomic E-state index is 12.8. The average Bonchev–Trinajstić information content (AvgIpc) is 2.92. The van der Waals surface area contributed by atoms with Crippen LogP contribution < -0.4 is 25.5 Å². The first-order chi connectivity index (χ1) is 19.2. The highest BCUT2D eigenvalue weighted by Gasteiger charge is 2.22. The number of anilines is 1. The van der Waals surface area contributed by atoms with Crippen LogP contribution in [0.3, 0.4) is 0 Å². The fourth-order valence-electron chi connectivity index (χ4n) is 3.87. The molecule has 0 radical (unpaired) electrons. The zero-order valence-electron chi connectivity index (χ0n) is 23.3. The van der Waals surface area contributed by atoms with Crippen molar-refractivity contribution in [2.75, 3.05) is 18.5 Å². The molecule has 0 fully saturated rings. The summed E-state index contributed by atoms with van der Waals surface area (Å²) in [5, 5.41) is 9.54. The highest BCUT2D eigenvalue weighted by molar-refractivity contribution is 5.92. The first-order valence-electron chi connectivity index (χ1n) is 13.1. The molecule has 9 nitrogen and oxygen atoms in total. The van der Waals surface area contributed by atoms with Gasteiger partial charge in [0.2, 0.25) is 0 Å². The fourth-order valence-corrected chi connectivity index (χ4v) is 3.87. The van der Waals surface area contributed by atoms with Crippen molar-refractivity contribution in [3.63, 3.8) is 0 Å². The number of amides is 3. The van der Waals surface area contributed by atoms with Crippen LogP contribution in [0.25, 0.3) is 0 Å². The van der Waals surface area contributed by atoms with Gasteiger partial charge < -0.3 is 20.1 Å². The Morgan fingerprint density at radius 2 is 1.48 bits per heavy atom. The van der Waals surface area contributed by atoms with E-state index in [1.165, 1.54) is 6.21 Å². The van der Waals surface area contributed by atoms with Gasteiger partial charge in [-0.1, -0.05) is 50.2 Å². The van der Waals surface area contributed by atoms with E-state index in [1.54, 1.807) is 36.4 Å². The van der Waals surface area contributed by atoms with Gasteiger partial charge >= 0.3 is 0 Å². The lowest BCUT2D eigenvalue weighted by Crippen LogP contribution is -2.47. The smallest absolute Gasteiger partial charge is 0.262 e. The quantitative estimate of drug-likeness (QED) is 0.218. The van der Waals surface area contributed by atoms with Crippen LogP contribution in [0.15, 0.2) is 77.9 Å². The second kappa shape index (κ2) is 15.1. The number of benzene rings is 3. The van der Waals surface area contributed by atoms with E-state index in [1.807, 2.05) is 64.1 Å². The number of aryl methyl sites for hydroxylation is 2. The van der Waals surface area contributed by atoms with Crippen molar-refractivity contribution in [2.45, 2.75) is 40.2 Å². The molecule has 40 heavy (non-hydrogen) atoms. The van der Waals surface area contributed by atoms with E-state index >= 15 is 0 Å². The van der Waals surface area contributed by atoms with E-state index in [0.717, 1.165) is 11.1 Å².